The number of urea groups is 1. The van der Waals surface area contributed by atoms with Crippen LogP contribution in [-0.4, -0.2) is 39.3 Å². The Bertz CT molecular complexity index is 1280. The number of aromatic amines is 2. The summed E-state index contributed by atoms with van der Waals surface area (Å²) in [5.74, 6) is -1.02. The van der Waals surface area contributed by atoms with Crippen molar-refractivity contribution in [1.29, 1.82) is 0 Å². The molecule has 32 heavy (non-hydrogen) atoms. The summed E-state index contributed by atoms with van der Waals surface area (Å²) in [5.41, 5.74) is 1.69. The smallest absolute Gasteiger partial charge is 0.324 e. The molecule has 9 nitrogen and oxygen atoms in total. The maximum absolute atomic E-state index is 13.1. The van der Waals surface area contributed by atoms with Crippen molar-refractivity contribution in [1.82, 2.24) is 20.2 Å². The summed E-state index contributed by atoms with van der Waals surface area (Å²) in [6.07, 6.45) is 0. The summed E-state index contributed by atoms with van der Waals surface area (Å²) in [6.45, 7) is 7.49. The quantitative estimate of drug-likeness (QED) is 0.470. The molecule has 1 saturated heterocycles. The monoisotopic (exact) mass is 435 g/mol. The highest BCUT2D eigenvalue weighted by Gasteiger charge is 2.49. The van der Waals surface area contributed by atoms with E-state index in [2.05, 4.69) is 41.4 Å². The Labute approximate surface area is 184 Å². The molecule has 0 unspecified atom stereocenters. The lowest BCUT2D eigenvalue weighted by atomic mass is 9.84. The summed E-state index contributed by atoms with van der Waals surface area (Å²) in [7, 11) is 0. The fourth-order valence-electron chi connectivity index (χ4n) is 3.79. The number of amides is 4. The molecule has 0 spiro atoms. The molecule has 1 fully saturated rings. The van der Waals surface area contributed by atoms with Crippen LogP contribution in [0.1, 0.15) is 38.8 Å². The number of carbonyl (C=O) groups excluding carboxylic acids is 3. The molecule has 0 bridgehead atoms. The van der Waals surface area contributed by atoms with Crippen LogP contribution >= 0.6 is 0 Å². The second-order valence-corrected chi connectivity index (χ2v) is 9.16. The number of nitrogens with one attached hydrogen (secondary N) is 4. The number of aromatic nitrogens is 2. The minimum absolute atomic E-state index is 0.0388. The van der Waals surface area contributed by atoms with E-state index in [0.29, 0.717) is 22.3 Å². The minimum atomic E-state index is -1.25. The van der Waals surface area contributed by atoms with E-state index in [0.717, 1.165) is 10.5 Å². The van der Waals surface area contributed by atoms with Crippen LogP contribution in [0.25, 0.3) is 11.0 Å². The SMILES string of the molecule is CC(C)(C)c1ccc([C@@]2(C)NC(=O)N(CC(=O)Nc3ccc4[nH]c(=O)[nH]c4c3)C2=O)cc1. The maximum atomic E-state index is 13.1. The van der Waals surface area contributed by atoms with Gasteiger partial charge < -0.3 is 20.6 Å². The summed E-state index contributed by atoms with van der Waals surface area (Å²) < 4.78 is 0. The Morgan fingerprint density at radius 1 is 1.00 bits per heavy atom. The fourth-order valence-corrected chi connectivity index (χ4v) is 3.79. The molecule has 4 rings (SSSR count). The second kappa shape index (κ2) is 7.37. The van der Waals surface area contributed by atoms with E-state index >= 15 is 0 Å². The molecule has 4 N–H and O–H groups in total. The number of imide groups is 1. The van der Waals surface area contributed by atoms with E-state index in [-0.39, 0.29) is 11.1 Å². The van der Waals surface area contributed by atoms with E-state index in [9.17, 15) is 19.2 Å². The molecule has 0 saturated carbocycles. The number of rotatable bonds is 4. The molecule has 4 amide bonds. The summed E-state index contributed by atoms with van der Waals surface area (Å²) in [5, 5.41) is 5.37. The number of anilines is 1. The third-order valence-corrected chi connectivity index (χ3v) is 5.70. The van der Waals surface area contributed by atoms with E-state index < -0.39 is 29.9 Å². The molecule has 0 aliphatic carbocycles. The zero-order chi connectivity index (χ0) is 23.3. The van der Waals surface area contributed by atoms with Gasteiger partial charge in [-0.1, -0.05) is 45.0 Å². The third-order valence-electron chi connectivity index (χ3n) is 5.70. The van der Waals surface area contributed by atoms with Crippen LogP contribution in [-0.2, 0) is 20.5 Å². The van der Waals surface area contributed by atoms with Crippen LogP contribution in [0.5, 0.6) is 0 Å². The van der Waals surface area contributed by atoms with Gasteiger partial charge in [0.1, 0.15) is 12.1 Å². The Morgan fingerprint density at radius 3 is 2.31 bits per heavy atom. The zero-order valence-corrected chi connectivity index (χ0v) is 18.3. The van der Waals surface area contributed by atoms with Crippen LogP contribution < -0.4 is 16.3 Å². The van der Waals surface area contributed by atoms with Gasteiger partial charge in [-0.25, -0.2) is 9.59 Å². The van der Waals surface area contributed by atoms with Crippen LogP contribution in [0.15, 0.2) is 47.3 Å². The van der Waals surface area contributed by atoms with Crippen molar-refractivity contribution in [2.24, 2.45) is 0 Å². The van der Waals surface area contributed by atoms with Gasteiger partial charge in [-0.15, -0.1) is 0 Å². The molecule has 9 heteroatoms. The molecule has 1 aromatic heterocycles. The Balaban J connectivity index is 1.49. The first kappa shape index (κ1) is 21.4. The zero-order valence-electron chi connectivity index (χ0n) is 18.3. The molecule has 2 aromatic carbocycles. The third kappa shape index (κ3) is 3.77. The van der Waals surface area contributed by atoms with Crippen LogP contribution in [0, 0.1) is 0 Å². The van der Waals surface area contributed by atoms with E-state index in [1.807, 2.05) is 24.3 Å². The Morgan fingerprint density at radius 2 is 1.66 bits per heavy atom. The fraction of sp³-hybridized carbons (Fsp3) is 0.304. The molecular weight excluding hydrogens is 410 g/mol. The van der Waals surface area contributed by atoms with Crippen molar-refractivity contribution in [3.8, 4) is 0 Å². The number of nitrogens with zero attached hydrogens (tertiary/aromatic N) is 1. The van der Waals surface area contributed by atoms with Crippen molar-refractivity contribution >= 4 is 34.6 Å². The number of hydrogen-bond acceptors (Lipinski definition) is 4. The highest BCUT2D eigenvalue weighted by molar-refractivity contribution is 6.10. The normalized spacial score (nSPS) is 18.8. The molecule has 1 aliphatic heterocycles. The predicted octanol–water partition coefficient (Wildman–Crippen LogP) is 2.56. The number of carbonyl (C=O) groups is 3. The van der Waals surface area contributed by atoms with Crippen LogP contribution in [0.3, 0.4) is 0 Å². The van der Waals surface area contributed by atoms with Gasteiger partial charge in [0.2, 0.25) is 5.91 Å². The van der Waals surface area contributed by atoms with E-state index in [4.69, 9.17) is 0 Å². The van der Waals surface area contributed by atoms with Gasteiger partial charge in [0.15, 0.2) is 0 Å². The molecule has 0 radical (unpaired) electrons. The first-order valence-corrected chi connectivity index (χ1v) is 10.2. The van der Waals surface area contributed by atoms with Crippen molar-refractivity contribution in [2.75, 3.05) is 11.9 Å². The largest absolute Gasteiger partial charge is 0.325 e. The van der Waals surface area contributed by atoms with Gasteiger partial charge in [0.25, 0.3) is 5.91 Å². The van der Waals surface area contributed by atoms with Gasteiger partial charge >= 0.3 is 11.7 Å². The second-order valence-electron chi connectivity index (χ2n) is 9.16. The number of fused-ring (bicyclic) bond motifs is 1. The molecule has 3 aromatic rings. The summed E-state index contributed by atoms with van der Waals surface area (Å²) >= 11 is 0. The molecule has 2 heterocycles. The molecule has 1 atom stereocenters. The maximum Gasteiger partial charge on any atom is 0.325 e. The first-order chi connectivity index (χ1) is 15.0. The van der Waals surface area contributed by atoms with Gasteiger partial charge in [0, 0.05) is 5.69 Å². The Hall–Kier alpha value is -3.88. The lowest BCUT2D eigenvalue weighted by Crippen LogP contribution is -2.42. The van der Waals surface area contributed by atoms with E-state index in [1.165, 1.54) is 0 Å². The lowest BCUT2D eigenvalue weighted by molar-refractivity contribution is -0.133. The number of H-pyrrole nitrogens is 2. The number of benzene rings is 2. The number of hydrogen-bond donors (Lipinski definition) is 4. The van der Waals surface area contributed by atoms with Gasteiger partial charge in [-0.05, 0) is 41.7 Å². The predicted molar refractivity (Wildman–Crippen MR) is 120 cm³/mol. The van der Waals surface area contributed by atoms with Gasteiger partial charge in [-0.3, -0.25) is 14.5 Å². The highest BCUT2D eigenvalue weighted by Crippen LogP contribution is 2.31. The summed E-state index contributed by atoms with van der Waals surface area (Å²) in [6, 6.07) is 11.8. The topological polar surface area (TPSA) is 127 Å². The lowest BCUT2D eigenvalue weighted by Gasteiger charge is -2.24. The van der Waals surface area contributed by atoms with Crippen molar-refractivity contribution < 1.29 is 14.4 Å². The van der Waals surface area contributed by atoms with E-state index in [1.54, 1.807) is 25.1 Å². The average molecular weight is 435 g/mol. The first-order valence-electron chi connectivity index (χ1n) is 10.2. The Kier molecular flexibility index (Phi) is 4.92. The van der Waals surface area contributed by atoms with Crippen molar-refractivity contribution in [3.05, 3.63) is 64.1 Å². The minimum Gasteiger partial charge on any atom is -0.324 e. The van der Waals surface area contributed by atoms with Gasteiger partial charge in [0.05, 0.1) is 11.0 Å². The van der Waals surface area contributed by atoms with Gasteiger partial charge in [-0.2, -0.15) is 0 Å². The van der Waals surface area contributed by atoms with Crippen molar-refractivity contribution in [3.63, 3.8) is 0 Å². The number of imidazole rings is 1. The average Bonchev–Trinajstić information content (AvgIpc) is 3.19. The molecule has 166 valence electrons. The molecular formula is C23H25N5O4. The molecule has 1 aliphatic rings. The standard InChI is InChI=1S/C23H25N5O4/c1-22(2,3)13-5-7-14(8-6-13)23(4)19(30)28(21(32)27-23)12-18(29)24-15-9-10-16-17(11-15)26-20(31)25-16/h5-11H,12H2,1-4H3,(H,24,29)(H,27,32)(H2,25,26,31)/t23-/m1/s1. The van der Waals surface area contributed by atoms with Crippen molar-refractivity contribution in [2.45, 2.75) is 38.6 Å². The van der Waals surface area contributed by atoms with Crippen LogP contribution in [0.2, 0.25) is 0 Å². The van der Waals surface area contributed by atoms with Crippen LogP contribution in [0.4, 0.5) is 10.5 Å². The summed E-state index contributed by atoms with van der Waals surface area (Å²) in [4.78, 5) is 55.7. The highest BCUT2D eigenvalue weighted by atomic mass is 16.2.